The number of methoxy groups -OCH3 is 1. The molecule has 0 bridgehead atoms. The summed E-state index contributed by atoms with van der Waals surface area (Å²) in [7, 11) is 1.53. The summed E-state index contributed by atoms with van der Waals surface area (Å²) in [5, 5.41) is 11.4. The number of benzene rings is 2. The molecule has 1 atom stereocenters. The number of aromatic nitrogens is 2. The highest BCUT2D eigenvalue weighted by atomic mass is 16.5. The number of amides is 1. The molecule has 9 nitrogen and oxygen atoms in total. The van der Waals surface area contributed by atoms with Gasteiger partial charge in [-0.15, -0.1) is 0 Å². The molecule has 9 heteroatoms. The Hall–Kier alpha value is -4.27. The van der Waals surface area contributed by atoms with Crippen LogP contribution in [0.1, 0.15) is 43.9 Å². The Balaban J connectivity index is 1.76. The average Bonchev–Trinajstić information content (AvgIpc) is 3.54. The molecule has 4 rings (SSSR count). The molecule has 0 saturated carbocycles. The van der Waals surface area contributed by atoms with E-state index in [0.29, 0.717) is 61.1 Å². The minimum absolute atomic E-state index is 0.0245. The largest absolute Gasteiger partial charge is 0.507 e. The van der Waals surface area contributed by atoms with Crippen LogP contribution in [0.25, 0.3) is 5.76 Å². The van der Waals surface area contributed by atoms with Crippen LogP contribution in [0.5, 0.6) is 17.2 Å². The molecule has 0 radical (unpaired) electrons. The fourth-order valence-electron chi connectivity index (χ4n) is 4.54. The lowest BCUT2D eigenvalue weighted by Gasteiger charge is -2.26. The number of ether oxygens (including phenoxy) is 3. The first-order chi connectivity index (χ1) is 18.5. The fraction of sp³-hybridized carbons (Fsp3) is 0.345. The molecule has 1 unspecified atom stereocenters. The van der Waals surface area contributed by atoms with Gasteiger partial charge < -0.3 is 28.8 Å². The van der Waals surface area contributed by atoms with Gasteiger partial charge in [-0.05, 0) is 49.6 Å². The average molecular weight is 520 g/mol. The predicted molar refractivity (Wildman–Crippen MR) is 142 cm³/mol. The quantitative estimate of drug-likeness (QED) is 0.212. The van der Waals surface area contributed by atoms with Gasteiger partial charge in [0.1, 0.15) is 11.5 Å². The van der Waals surface area contributed by atoms with Crippen molar-refractivity contribution in [2.45, 2.75) is 39.3 Å². The molecule has 3 aromatic rings. The van der Waals surface area contributed by atoms with Gasteiger partial charge >= 0.3 is 0 Å². The van der Waals surface area contributed by atoms with Gasteiger partial charge in [0.15, 0.2) is 11.5 Å². The number of Topliss-reactive ketones (excluding diaryl/α,β-unsaturated/α-hetero) is 1. The topological polar surface area (TPSA) is 103 Å². The highest BCUT2D eigenvalue weighted by molar-refractivity contribution is 6.46. The first-order valence-corrected chi connectivity index (χ1v) is 12.8. The molecular formula is C29H33N3O6. The summed E-state index contributed by atoms with van der Waals surface area (Å²) in [4.78, 5) is 32.2. The van der Waals surface area contributed by atoms with E-state index in [4.69, 9.17) is 14.2 Å². The maximum absolute atomic E-state index is 13.4. The van der Waals surface area contributed by atoms with Crippen LogP contribution < -0.4 is 14.2 Å². The number of aryl methyl sites for hydroxylation is 1. The number of aliphatic hydroxyl groups excluding tert-OH is 1. The summed E-state index contributed by atoms with van der Waals surface area (Å²) >= 11 is 0. The molecule has 1 amide bonds. The first-order valence-electron chi connectivity index (χ1n) is 12.8. The van der Waals surface area contributed by atoms with Crippen molar-refractivity contribution in [3.8, 4) is 17.2 Å². The second kappa shape index (κ2) is 12.3. The van der Waals surface area contributed by atoms with Gasteiger partial charge in [-0.25, -0.2) is 4.98 Å². The Morgan fingerprint density at radius 1 is 1.05 bits per heavy atom. The Bertz CT molecular complexity index is 1300. The van der Waals surface area contributed by atoms with E-state index in [1.165, 1.54) is 12.0 Å². The maximum atomic E-state index is 13.4. The molecule has 1 fully saturated rings. The molecule has 1 aliphatic rings. The van der Waals surface area contributed by atoms with Crippen LogP contribution in [0.3, 0.4) is 0 Å². The van der Waals surface area contributed by atoms with Crippen molar-refractivity contribution in [2.24, 2.45) is 0 Å². The molecule has 1 N–H and O–H groups in total. The summed E-state index contributed by atoms with van der Waals surface area (Å²) in [6, 6.07) is 11.4. The predicted octanol–water partition coefficient (Wildman–Crippen LogP) is 4.59. The van der Waals surface area contributed by atoms with Crippen LogP contribution in [0.2, 0.25) is 0 Å². The van der Waals surface area contributed by atoms with E-state index in [1.807, 2.05) is 24.6 Å². The van der Waals surface area contributed by atoms with Crippen molar-refractivity contribution >= 4 is 17.4 Å². The normalized spacial score (nSPS) is 16.6. The zero-order valence-corrected chi connectivity index (χ0v) is 21.9. The molecule has 1 aliphatic heterocycles. The second-order valence-electron chi connectivity index (χ2n) is 8.87. The van der Waals surface area contributed by atoms with E-state index in [2.05, 4.69) is 4.98 Å². The van der Waals surface area contributed by atoms with E-state index >= 15 is 0 Å². The maximum Gasteiger partial charge on any atom is 0.295 e. The smallest absolute Gasteiger partial charge is 0.295 e. The van der Waals surface area contributed by atoms with Gasteiger partial charge in [-0.2, -0.15) is 0 Å². The van der Waals surface area contributed by atoms with Gasteiger partial charge in [0.05, 0.1) is 38.3 Å². The third kappa shape index (κ3) is 5.66. The van der Waals surface area contributed by atoms with Gasteiger partial charge in [-0.3, -0.25) is 9.59 Å². The van der Waals surface area contributed by atoms with Gasteiger partial charge in [0.25, 0.3) is 11.7 Å². The summed E-state index contributed by atoms with van der Waals surface area (Å²) < 4.78 is 18.8. The number of imidazole rings is 1. The highest BCUT2D eigenvalue weighted by Gasteiger charge is 2.46. The number of likely N-dealkylation sites (tertiary alicyclic amines) is 1. The number of nitrogens with zero attached hydrogens (tertiary/aromatic N) is 3. The van der Waals surface area contributed by atoms with E-state index in [1.54, 1.807) is 55.0 Å². The minimum Gasteiger partial charge on any atom is -0.507 e. The number of ketones is 1. The molecule has 1 saturated heterocycles. The fourth-order valence-corrected chi connectivity index (χ4v) is 4.54. The lowest BCUT2D eigenvalue weighted by atomic mass is 9.95. The summed E-state index contributed by atoms with van der Waals surface area (Å²) in [6.45, 7) is 5.79. The van der Waals surface area contributed by atoms with Crippen LogP contribution in [-0.4, -0.2) is 58.1 Å². The van der Waals surface area contributed by atoms with Crippen molar-refractivity contribution in [2.75, 3.05) is 26.9 Å². The number of aliphatic hydroxyl groups is 1. The summed E-state index contributed by atoms with van der Waals surface area (Å²) in [5.74, 6) is -0.0406. The molecule has 200 valence electrons. The Kier molecular flexibility index (Phi) is 8.68. The van der Waals surface area contributed by atoms with Crippen LogP contribution in [-0.2, 0) is 16.1 Å². The van der Waals surface area contributed by atoms with E-state index in [9.17, 15) is 14.7 Å². The van der Waals surface area contributed by atoms with Crippen molar-refractivity contribution in [3.05, 3.63) is 77.9 Å². The van der Waals surface area contributed by atoms with Crippen LogP contribution in [0, 0.1) is 0 Å². The van der Waals surface area contributed by atoms with Crippen LogP contribution >= 0.6 is 0 Å². The first kappa shape index (κ1) is 26.8. The Labute approximate surface area is 222 Å². The van der Waals surface area contributed by atoms with Gasteiger partial charge in [0, 0.05) is 31.0 Å². The number of hydrogen-bond acceptors (Lipinski definition) is 7. The van der Waals surface area contributed by atoms with E-state index in [-0.39, 0.29) is 11.3 Å². The molecule has 2 aromatic carbocycles. The molecule has 2 heterocycles. The number of hydrogen-bond donors (Lipinski definition) is 1. The Morgan fingerprint density at radius 2 is 1.89 bits per heavy atom. The summed E-state index contributed by atoms with van der Waals surface area (Å²) in [5.41, 5.74) is 1.06. The molecule has 0 aliphatic carbocycles. The standard InChI is InChI=1S/C29H33N3O6/c1-4-16-38-22-9-6-8-21(17-22)27(33)25-26(20-10-11-23(37-5-2)24(18-20)36-3)32(29(35)28(25)34)14-7-13-31-15-12-30-19-31/h6,8-12,15,17-19,26,33H,4-5,7,13-14,16H2,1-3H3. The molecular weight excluding hydrogens is 486 g/mol. The van der Waals surface area contributed by atoms with E-state index < -0.39 is 17.7 Å². The zero-order valence-electron chi connectivity index (χ0n) is 21.9. The molecule has 0 spiro atoms. The summed E-state index contributed by atoms with van der Waals surface area (Å²) in [6.07, 6.45) is 6.66. The monoisotopic (exact) mass is 519 g/mol. The number of carbonyl (C=O) groups excluding carboxylic acids is 2. The lowest BCUT2D eigenvalue weighted by Crippen LogP contribution is -2.31. The van der Waals surface area contributed by atoms with Crippen molar-refractivity contribution in [1.82, 2.24) is 14.5 Å². The lowest BCUT2D eigenvalue weighted by molar-refractivity contribution is -0.139. The van der Waals surface area contributed by atoms with Gasteiger partial charge in [0.2, 0.25) is 0 Å². The number of rotatable bonds is 12. The second-order valence-corrected chi connectivity index (χ2v) is 8.87. The van der Waals surface area contributed by atoms with Gasteiger partial charge in [-0.1, -0.05) is 25.1 Å². The van der Waals surface area contributed by atoms with Crippen molar-refractivity contribution in [3.63, 3.8) is 0 Å². The molecule has 38 heavy (non-hydrogen) atoms. The SMILES string of the molecule is CCCOc1cccc(C(O)=C2C(=O)C(=O)N(CCCn3ccnc3)C2c2ccc(OCC)c(OC)c2)c1. The third-order valence-corrected chi connectivity index (χ3v) is 6.30. The zero-order chi connectivity index (χ0) is 27.1. The van der Waals surface area contributed by atoms with Crippen LogP contribution in [0.15, 0.2) is 66.8 Å². The minimum atomic E-state index is -0.803. The highest BCUT2D eigenvalue weighted by Crippen LogP contribution is 2.42. The molecule has 1 aromatic heterocycles. The number of carbonyl (C=O) groups is 2. The Morgan fingerprint density at radius 3 is 2.61 bits per heavy atom. The third-order valence-electron chi connectivity index (χ3n) is 6.30. The van der Waals surface area contributed by atoms with Crippen molar-refractivity contribution < 1.29 is 28.9 Å². The van der Waals surface area contributed by atoms with Crippen LogP contribution in [0.4, 0.5) is 0 Å². The van der Waals surface area contributed by atoms with Crippen molar-refractivity contribution in [1.29, 1.82) is 0 Å². The van der Waals surface area contributed by atoms with E-state index in [0.717, 1.165) is 6.42 Å².